The molecule has 0 atom stereocenters. The van der Waals surface area contributed by atoms with Crippen LogP contribution in [-0.2, 0) is 0 Å². The zero-order valence-electron chi connectivity index (χ0n) is 10.5. The first-order valence-corrected chi connectivity index (χ1v) is 7.15. The van der Waals surface area contributed by atoms with Crippen LogP contribution in [0, 0.1) is 0 Å². The summed E-state index contributed by atoms with van der Waals surface area (Å²) in [4.78, 5) is 16.7. The zero-order valence-corrected chi connectivity index (χ0v) is 12.1. The van der Waals surface area contributed by atoms with Crippen LogP contribution in [0.3, 0.4) is 0 Å². The van der Waals surface area contributed by atoms with Crippen molar-refractivity contribution in [3.63, 3.8) is 0 Å². The van der Waals surface area contributed by atoms with Gasteiger partial charge in [0.05, 0.1) is 11.8 Å². The van der Waals surface area contributed by atoms with E-state index >= 15 is 0 Å². The molecular formula is C13H9ClN4O2S. The molecule has 2 aromatic heterocycles. The number of imidazole rings is 1. The molecule has 0 spiro atoms. The highest BCUT2D eigenvalue weighted by atomic mass is 35.5. The number of aromatic hydroxyl groups is 1. The molecule has 2 N–H and O–H groups in total. The first-order valence-electron chi connectivity index (χ1n) is 5.89. The molecule has 0 saturated carbocycles. The van der Waals surface area contributed by atoms with Gasteiger partial charge in [-0.2, -0.15) is 5.10 Å². The van der Waals surface area contributed by atoms with Gasteiger partial charge in [0.25, 0.3) is 5.91 Å². The summed E-state index contributed by atoms with van der Waals surface area (Å²) >= 11 is 7.44. The van der Waals surface area contributed by atoms with E-state index in [9.17, 15) is 9.90 Å². The van der Waals surface area contributed by atoms with Crippen molar-refractivity contribution in [1.82, 2.24) is 14.8 Å². The molecule has 0 aliphatic rings. The molecule has 1 amide bonds. The number of thiazole rings is 1. The molecule has 21 heavy (non-hydrogen) atoms. The zero-order chi connectivity index (χ0) is 14.8. The molecule has 3 aromatic rings. The van der Waals surface area contributed by atoms with Crippen LogP contribution in [0.5, 0.6) is 5.75 Å². The summed E-state index contributed by atoms with van der Waals surface area (Å²) in [5, 5.41) is 15.6. The summed E-state index contributed by atoms with van der Waals surface area (Å²) in [5.74, 6) is -0.612. The third-order valence-corrected chi connectivity index (χ3v) is 3.79. The van der Waals surface area contributed by atoms with Crippen molar-refractivity contribution >= 4 is 40.0 Å². The molecule has 0 bridgehead atoms. The molecule has 106 valence electrons. The number of carbonyl (C=O) groups excluding carboxylic acids is 1. The molecule has 3 rings (SSSR count). The Labute approximate surface area is 128 Å². The fraction of sp³-hybridized carbons (Fsp3) is 0. The van der Waals surface area contributed by atoms with Crippen LogP contribution in [0.15, 0.2) is 40.9 Å². The van der Waals surface area contributed by atoms with E-state index in [0.29, 0.717) is 10.8 Å². The van der Waals surface area contributed by atoms with Gasteiger partial charge in [-0.05, 0) is 12.1 Å². The van der Waals surface area contributed by atoms with E-state index in [0.717, 1.165) is 4.96 Å². The number of para-hydroxylation sites is 1. The number of hydrogen-bond acceptors (Lipinski definition) is 5. The van der Waals surface area contributed by atoms with Crippen LogP contribution in [0.4, 0.5) is 0 Å². The second kappa shape index (κ2) is 5.55. The van der Waals surface area contributed by atoms with Gasteiger partial charge in [-0.1, -0.05) is 23.7 Å². The SMILES string of the molecule is O=C(N/N=C\c1c(Cl)nc2sccn12)c1ccccc1O. The predicted molar refractivity (Wildman–Crippen MR) is 81.2 cm³/mol. The highest BCUT2D eigenvalue weighted by Gasteiger charge is 2.11. The number of carbonyl (C=O) groups is 1. The van der Waals surface area contributed by atoms with Crippen molar-refractivity contribution in [2.75, 3.05) is 0 Å². The van der Waals surface area contributed by atoms with Crippen molar-refractivity contribution < 1.29 is 9.90 Å². The van der Waals surface area contributed by atoms with Crippen molar-refractivity contribution in [3.05, 3.63) is 52.3 Å². The van der Waals surface area contributed by atoms with E-state index in [1.165, 1.54) is 29.7 Å². The average molecular weight is 321 g/mol. The van der Waals surface area contributed by atoms with Gasteiger partial charge in [0.1, 0.15) is 11.4 Å². The molecule has 1 aromatic carbocycles. The lowest BCUT2D eigenvalue weighted by Gasteiger charge is -2.01. The molecule has 2 heterocycles. The quantitative estimate of drug-likeness (QED) is 0.575. The number of nitrogens with one attached hydrogen (secondary N) is 1. The van der Waals surface area contributed by atoms with Crippen LogP contribution < -0.4 is 5.43 Å². The van der Waals surface area contributed by atoms with E-state index in [1.807, 2.05) is 11.6 Å². The van der Waals surface area contributed by atoms with E-state index in [-0.39, 0.29) is 11.3 Å². The Hall–Kier alpha value is -2.38. The van der Waals surface area contributed by atoms with Gasteiger partial charge in [-0.3, -0.25) is 9.20 Å². The van der Waals surface area contributed by atoms with E-state index in [2.05, 4.69) is 15.5 Å². The summed E-state index contributed by atoms with van der Waals surface area (Å²) < 4.78 is 1.77. The van der Waals surface area contributed by atoms with E-state index in [4.69, 9.17) is 11.6 Å². The first-order chi connectivity index (χ1) is 10.2. The molecule has 0 saturated heterocycles. The minimum absolute atomic E-state index is 0.104. The highest BCUT2D eigenvalue weighted by Crippen LogP contribution is 2.19. The monoisotopic (exact) mass is 320 g/mol. The van der Waals surface area contributed by atoms with Crippen LogP contribution in [-0.4, -0.2) is 26.6 Å². The first kappa shape index (κ1) is 13.6. The number of nitrogens with zero attached hydrogens (tertiary/aromatic N) is 3. The molecule has 0 aliphatic carbocycles. The molecule has 0 radical (unpaired) electrons. The van der Waals surface area contributed by atoms with Crippen molar-refractivity contribution in [3.8, 4) is 5.75 Å². The summed E-state index contributed by atoms with van der Waals surface area (Å²) in [6.45, 7) is 0. The summed E-state index contributed by atoms with van der Waals surface area (Å²) in [6, 6.07) is 6.22. The van der Waals surface area contributed by atoms with Gasteiger partial charge in [0.2, 0.25) is 0 Å². The second-order valence-corrected chi connectivity index (χ2v) is 5.29. The van der Waals surface area contributed by atoms with E-state index < -0.39 is 5.91 Å². The van der Waals surface area contributed by atoms with Crippen molar-refractivity contribution in [2.45, 2.75) is 0 Å². The lowest BCUT2D eigenvalue weighted by molar-refractivity contribution is 0.0952. The van der Waals surface area contributed by atoms with Gasteiger partial charge in [-0.25, -0.2) is 10.4 Å². The maximum Gasteiger partial charge on any atom is 0.275 e. The average Bonchev–Trinajstić information content (AvgIpc) is 3.01. The number of phenolic OH excluding ortho intramolecular Hbond substituents is 1. The van der Waals surface area contributed by atoms with Gasteiger partial charge in [0, 0.05) is 11.6 Å². The lowest BCUT2D eigenvalue weighted by atomic mass is 10.2. The largest absolute Gasteiger partial charge is 0.507 e. The van der Waals surface area contributed by atoms with Gasteiger partial charge in [0.15, 0.2) is 10.1 Å². The number of hydrogen-bond donors (Lipinski definition) is 2. The fourth-order valence-corrected chi connectivity index (χ4v) is 2.76. The Morgan fingerprint density at radius 1 is 1.48 bits per heavy atom. The Morgan fingerprint density at radius 2 is 2.29 bits per heavy atom. The normalized spacial score (nSPS) is 11.3. The Morgan fingerprint density at radius 3 is 3.10 bits per heavy atom. The number of benzene rings is 1. The van der Waals surface area contributed by atoms with Crippen molar-refractivity contribution in [1.29, 1.82) is 0 Å². The Bertz CT molecular complexity index is 840. The molecule has 0 aliphatic heterocycles. The highest BCUT2D eigenvalue weighted by molar-refractivity contribution is 7.15. The van der Waals surface area contributed by atoms with Crippen LogP contribution in [0.25, 0.3) is 4.96 Å². The lowest BCUT2D eigenvalue weighted by Crippen LogP contribution is -2.17. The number of halogens is 1. The van der Waals surface area contributed by atoms with Crippen LogP contribution in [0.2, 0.25) is 5.15 Å². The third kappa shape index (κ3) is 2.61. The molecule has 6 nitrogen and oxygen atoms in total. The van der Waals surface area contributed by atoms with E-state index in [1.54, 1.807) is 16.5 Å². The predicted octanol–water partition coefficient (Wildman–Crippen LogP) is 2.52. The van der Waals surface area contributed by atoms with Crippen molar-refractivity contribution in [2.24, 2.45) is 5.10 Å². The number of phenols is 1. The summed E-state index contributed by atoms with van der Waals surface area (Å²) in [7, 11) is 0. The summed E-state index contributed by atoms with van der Waals surface area (Å²) in [5.41, 5.74) is 3.06. The Kier molecular flexibility index (Phi) is 3.59. The smallest absolute Gasteiger partial charge is 0.275 e. The molecular weight excluding hydrogens is 312 g/mol. The molecule has 0 fully saturated rings. The minimum Gasteiger partial charge on any atom is -0.507 e. The number of hydrazone groups is 1. The second-order valence-electron chi connectivity index (χ2n) is 4.06. The standard InChI is InChI=1S/C13H9ClN4O2S/c14-11-9(18-5-6-21-13(18)16-11)7-15-17-12(20)8-3-1-2-4-10(8)19/h1-7,19H,(H,17,20)/b15-7-. The van der Waals surface area contributed by atoms with Gasteiger partial charge in [-0.15, -0.1) is 11.3 Å². The van der Waals surface area contributed by atoms with Gasteiger partial charge < -0.3 is 5.11 Å². The fourth-order valence-electron chi connectivity index (χ4n) is 1.77. The number of fused-ring (bicyclic) bond motifs is 1. The maximum absolute atomic E-state index is 11.9. The van der Waals surface area contributed by atoms with Crippen LogP contribution >= 0.6 is 22.9 Å². The number of aromatic nitrogens is 2. The molecule has 0 unspecified atom stereocenters. The van der Waals surface area contributed by atoms with Crippen LogP contribution in [0.1, 0.15) is 16.1 Å². The number of rotatable bonds is 3. The maximum atomic E-state index is 11.9. The molecule has 8 heteroatoms. The topological polar surface area (TPSA) is 79.0 Å². The third-order valence-electron chi connectivity index (χ3n) is 2.76. The van der Waals surface area contributed by atoms with Gasteiger partial charge >= 0.3 is 0 Å². The summed E-state index contributed by atoms with van der Waals surface area (Å²) in [6.07, 6.45) is 3.22. The Balaban J connectivity index is 1.78. The minimum atomic E-state index is -0.508. The number of amides is 1.